The lowest BCUT2D eigenvalue weighted by Gasteiger charge is -2.16. The van der Waals surface area contributed by atoms with E-state index in [1.807, 2.05) is 30.3 Å². The molecule has 2 N–H and O–H groups in total. The van der Waals surface area contributed by atoms with Crippen molar-refractivity contribution in [3.05, 3.63) is 71.8 Å². The van der Waals surface area contributed by atoms with Gasteiger partial charge in [-0.25, -0.2) is 8.42 Å². The molecule has 0 saturated carbocycles. The van der Waals surface area contributed by atoms with Crippen LogP contribution in [-0.4, -0.2) is 45.6 Å². The van der Waals surface area contributed by atoms with Gasteiger partial charge in [0.15, 0.2) is 0 Å². The van der Waals surface area contributed by atoms with Crippen LogP contribution in [0.4, 0.5) is 5.69 Å². The van der Waals surface area contributed by atoms with E-state index >= 15 is 0 Å². The zero-order chi connectivity index (χ0) is 21.4. The number of hydrogen-bond acceptors (Lipinski definition) is 4. The summed E-state index contributed by atoms with van der Waals surface area (Å²) in [7, 11) is -3.20. The summed E-state index contributed by atoms with van der Waals surface area (Å²) in [5.74, 6) is -0.447. The van der Waals surface area contributed by atoms with Crippen LogP contribution in [0.2, 0.25) is 0 Å². The Morgan fingerprint density at radius 2 is 1.73 bits per heavy atom. The standard InChI is InChI=1S/C22H25N3O4S/c26-21(24-17-22(27)23-14-13-18-5-2-1-3-6-18)12-9-19-7-10-20(11-8-19)25-15-4-16-30(25,28)29/h1-3,5-12H,4,13-17H2,(H,23,27)(H,24,26)/b12-9+. The van der Waals surface area contributed by atoms with Gasteiger partial charge in [-0.3, -0.25) is 13.9 Å². The summed E-state index contributed by atoms with van der Waals surface area (Å²) in [4.78, 5) is 23.7. The fourth-order valence-electron chi connectivity index (χ4n) is 3.13. The molecule has 0 unspecified atom stereocenters. The Labute approximate surface area is 176 Å². The first kappa shape index (κ1) is 21.6. The van der Waals surface area contributed by atoms with E-state index in [-0.39, 0.29) is 24.1 Å². The van der Waals surface area contributed by atoms with Crippen molar-refractivity contribution in [2.45, 2.75) is 12.8 Å². The molecular weight excluding hydrogens is 402 g/mol. The topological polar surface area (TPSA) is 95.6 Å². The maximum Gasteiger partial charge on any atom is 0.244 e. The number of rotatable bonds is 8. The number of hydrogen-bond donors (Lipinski definition) is 2. The first-order valence-corrected chi connectivity index (χ1v) is 11.4. The molecule has 0 aliphatic carbocycles. The Bertz CT molecular complexity index is 1000. The predicted molar refractivity (Wildman–Crippen MR) is 117 cm³/mol. The SMILES string of the molecule is O=C(/C=C/c1ccc(N2CCCS2(=O)=O)cc1)NCC(=O)NCCc1ccccc1. The molecule has 1 heterocycles. The van der Waals surface area contributed by atoms with Crippen LogP contribution in [0.15, 0.2) is 60.7 Å². The minimum Gasteiger partial charge on any atom is -0.354 e. The zero-order valence-electron chi connectivity index (χ0n) is 16.6. The van der Waals surface area contributed by atoms with Gasteiger partial charge in [0, 0.05) is 19.2 Å². The summed E-state index contributed by atoms with van der Waals surface area (Å²) in [5, 5.41) is 5.31. The van der Waals surface area contributed by atoms with Gasteiger partial charge in [-0.2, -0.15) is 0 Å². The van der Waals surface area contributed by atoms with E-state index < -0.39 is 10.0 Å². The Kier molecular flexibility index (Phi) is 7.24. The second kappa shape index (κ2) is 10.1. The smallest absolute Gasteiger partial charge is 0.244 e. The average Bonchev–Trinajstić information content (AvgIpc) is 3.11. The van der Waals surface area contributed by atoms with Crippen molar-refractivity contribution in [2.75, 3.05) is 29.7 Å². The number of carbonyl (C=O) groups is 2. The highest BCUT2D eigenvalue weighted by Gasteiger charge is 2.28. The van der Waals surface area contributed by atoms with Crippen LogP contribution in [0.1, 0.15) is 17.5 Å². The third kappa shape index (κ3) is 6.18. The zero-order valence-corrected chi connectivity index (χ0v) is 17.4. The molecule has 1 aliphatic rings. The molecule has 1 aliphatic heterocycles. The summed E-state index contributed by atoms with van der Waals surface area (Å²) in [6, 6.07) is 16.8. The number of sulfonamides is 1. The lowest BCUT2D eigenvalue weighted by Crippen LogP contribution is -2.37. The second-order valence-electron chi connectivity index (χ2n) is 6.97. The van der Waals surface area contributed by atoms with Gasteiger partial charge in [0.2, 0.25) is 21.8 Å². The quantitative estimate of drug-likeness (QED) is 0.627. The van der Waals surface area contributed by atoms with Gasteiger partial charge in [-0.15, -0.1) is 0 Å². The molecule has 2 amide bonds. The molecule has 7 nitrogen and oxygen atoms in total. The highest BCUT2D eigenvalue weighted by Crippen LogP contribution is 2.24. The minimum absolute atomic E-state index is 0.0935. The van der Waals surface area contributed by atoms with E-state index in [1.165, 1.54) is 10.4 Å². The van der Waals surface area contributed by atoms with Gasteiger partial charge in [0.25, 0.3) is 0 Å². The first-order valence-electron chi connectivity index (χ1n) is 9.81. The molecule has 8 heteroatoms. The van der Waals surface area contributed by atoms with Crippen LogP contribution in [0.3, 0.4) is 0 Å². The maximum atomic E-state index is 12.0. The lowest BCUT2D eigenvalue weighted by molar-refractivity contribution is -0.123. The van der Waals surface area contributed by atoms with Crippen molar-refractivity contribution in [3.63, 3.8) is 0 Å². The van der Waals surface area contributed by atoms with Crippen molar-refractivity contribution in [3.8, 4) is 0 Å². The van der Waals surface area contributed by atoms with Gasteiger partial charge in [-0.05, 0) is 42.2 Å². The molecule has 0 aromatic heterocycles. The molecule has 1 fully saturated rings. The number of benzene rings is 2. The van der Waals surface area contributed by atoms with Gasteiger partial charge in [-0.1, -0.05) is 42.5 Å². The van der Waals surface area contributed by atoms with E-state index in [9.17, 15) is 18.0 Å². The fraction of sp³-hybridized carbons (Fsp3) is 0.273. The predicted octanol–water partition coefficient (Wildman–Crippen LogP) is 1.71. The van der Waals surface area contributed by atoms with E-state index in [4.69, 9.17) is 0 Å². The largest absolute Gasteiger partial charge is 0.354 e. The summed E-state index contributed by atoms with van der Waals surface area (Å²) in [6.07, 6.45) is 4.32. The van der Waals surface area contributed by atoms with E-state index in [0.717, 1.165) is 17.5 Å². The molecule has 1 saturated heterocycles. The van der Waals surface area contributed by atoms with Crippen LogP contribution in [-0.2, 0) is 26.0 Å². The molecule has 2 aromatic rings. The molecule has 0 bridgehead atoms. The third-order valence-electron chi connectivity index (χ3n) is 4.71. The van der Waals surface area contributed by atoms with Crippen LogP contribution in [0, 0.1) is 0 Å². The molecule has 158 valence electrons. The highest BCUT2D eigenvalue weighted by molar-refractivity contribution is 7.93. The van der Waals surface area contributed by atoms with Crippen molar-refractivity contribution in [2.24, 2.45) is 0 Å². The Balaban J connectivity index is 1.40. The number of nitrogens with one attached hydrogen (secondary N) is 2. The average molecular weight is 428 g/mol. The Morgan fingerprint density at radius 3 is 2.40 bits per heavy atom. The second-order valence-corrected chi connectivity index (χ2v) is 8.98. The molecule has 30 heavy (non-hydrogen) atoms. The molecule has 3 rings (SSSR count). The van der Waals surface area contributed by atoms with Crippen LogP contribution in [0.25, 0.3) is 6.08 Å². The summed E-state index contributed by atoms with van der Waals surface area (Å²) in [5.41, 5.74) is 2.53. The van der Waals surface area contributed by atoms with Crippen molar-refractivity contribution in [1.29, 1.82) is 0 Å². The van der Waals surface area contributed by atoms with Crippen LogP contribution < -0.4 is 14.9 Å². The number of carbonyl (C=O) groups excluding carboxylic acids is 2. The maximum absolute atomic E-state index is 12.0. The van der Waals surface area contributed by atoms with E-state index in [0.29, 0.717) is 25.2 Å². The Morgan fingerprint density at radius 1 is 1.00 bits per heavy atom. The summed E-state index contributed by atoms with van der Waals surface area (Å²) >= 11 is 0. The third-order valence-corrected chi connectivity index (χ3v) is 6.58. The van der Waals surface area contributed by atoms with Crippen molar-refractivity contribution in [1.82, 2.24) is 10.6 Å². The van der Waals surface area contributed by atoms with Crippen molar-refractivity contribution < 1.29 is 18.0 Å². The Hall–Kier alpha value is -3.13. The summed E-state index contributed by atoms with van der Waals surface area (Å²) in [6.45, 7) is 0.907. The van der Waals surface area contributed by atoms with Gasteiger partial charge in [0.1, 0.15) is 0 Å². The van der Waals surface area contributed by atoms with Gasteiger partial charge >= 0.3 is 0 Å². The fourth-order valence-corrected chi connectivity index (χ4v) is 4.70. The van der Waals surface area contributed by atoms with Crippen LogP contribution >= 0.6 is 0 Å². The normalized spacial score (nSPS) is 15.3. The molecule has 0 spiro atoms. The van der Waals surface area contributed by atoms with Gasteiger partial charge in [0.05, 0.1) is 18.0 Å². The number of amides is 2. The molecular formula is C22H25N3O4S. The number of nitrogens with zero attached hydrogens (tertiary/aromatic N) is 1. The monoisotopic (exact) mass is 427 g/mol. The number of anilines is 1. The van der Waals surface area contributed by atoms with Crippen molar-refractivity contribution >= 4 is 33.6 Å². The molecule has 0 radical (unpaired) electrons. The highest BCUT2D eigenvalue weighted by atomic mass is 32.2. The first-order chi connectivity index (χ1) is 14.4. The van der Waals surface area contributed by atoms with Gasteiger partial charge < -0.3 is 10.6 Å². The van der Waals surface area contributed by atoms with E-state index in [1.54, 1.807) is 30.3 Å². The summed E-state index contributed by atoms with van der Waals surface area (Å²) < 4.78 is 25.3. The van der Waals surface area contributed by atoms with Crippen LogP contribution in [0.5, 0.6) is 0 Å². The lowest BCUT2D eigenvalue weighted by atomic mass is 10.1. The van der Waals surface area contributed by atoms with E-state index in [2.05, 4.69) is 10.6 Å². The minimum atomic E-state index is -3.20. The molecule has 0 atom stereocenters. The molecule has 2 aromatic carbocycles.